The van der Waals surface area contributed by atoms with E-state index >= 15 is 0 Å². The molecule has 0 aromatic heterocycles. The van der Waals surface area contributed by atoms with E-state index < -0.39 is 0 Å². The van der Waals surface area contributed by atoms with Crippen LogP contribution in [0.4, 0.5) is 5.69 Å². The highest BCUT2D eigenvalue weighted by atomic mass is 79.9. The highest BCUT2D eigenvalue weighted by molar-refractivity contribution is 9.10. The van der Waals surface area contributed by atoms with E-state index in [9.17, 15) is 4.79 Å². The molecule has 1 atom stereocenters. The molecule has 1 heterocycles. The Morgan fingerprint density at radius 3 is 2.68 bits per heavy atom. The number of nitrogens with one attached hydrogen (secondary N) is 1. The van der Waals surface area contributed by atoms with Crippen molar-refractivity contribution in [1.82, 2.24) is 4.90 Å². The van der Waals surface area contributed by atoms with E-state index in [4.69, 9.17) is 0 Å². The number of carbonyl (C=O) groups excluding carboxylic acids is 1. The number of piperidine rings is 1. The third kappa shape index (κ3) is 3.72. The van der Waals surface area contributed by atoms with E-state index in [1.54, 1.807) is 0 Å². The Bertz CT molecular complexity index is 455. The second-order valence-electron chi connectivity index (χ2n) is 5.24. The van der Waals surface area contributed by atoms with Crippen molar-refractivity contribution >= 4 is 27.5 Å². The molecule has 1 fully saturated rings. The maximum absolute atomic E-state index is 12.3. The quantitative estimate of drug-likeness (QED) is 0.921. The van der Waals surface area contributed by atoms with Crippen molar-refractivity contribution < 1.29 is 4.79 Å². The number of amides is 1. The SMILES string of the molecule is Cc1ccc(Br)c(NC(C)C(=O)N2CCCCC2)c1. The molecule has 2 rings (SSSR count). The molecular formula is C15H21BrN2O. The standard InChI is InChI=1S/C15H21BrN2O/c1-11-6-7-13(16)14(10-11)17-12(2)15(19)18-8-4-3-5-9-18/h6-7,10,12,17H,3-5,8-9H2,1-2H3. The lowest BCUT2D eigenvalue weighted by atomic mass is 10.1. The van der Waals surface area contributed by atoms with Crippen LogP contribution in [-0.4, -0.2) is 29.9 Å². The zero-order valence-corrected chi connectivity index (χ0v) is 13.2. The number of aryl methyl sites for hydroxylation is 1. The first-order chi connectivity index (χ1) is 9.08. The fourth-order valence-corrected chi connectivity index (χ4v) is 2.79. The average Bonchev–Trinajstić information content (AvgIpc) is 2.43. The Kier molecular flexibility index (Phi) is 4.86. The second kappa shape index (κ2) is 6.42. The molecule has 104 valence electrons. The van der Waals surface area contributed by atoms with Gasteiger partial charge in [-0.25, -0.2) is 0 Å². The summed E-state index contributed by atoms with van der Waals surface area (Å²) in [5.74, 6) is 0.202. The van der Waals surface area contributed by atoms with E-state index in [2.05, 4.69) is 34.2 Å². The van der Waals surface area contributed by atoms with E-state index in [1.807, 2.05) is 24.0 Å². The molecule has 1 aromatic carbocycles. The minimum absolute atomic E-state index is 0.184. The minimum atomic E-state index is -0.184. The van der Waals surface area contributed by atoms with Crippen LogP contribution in [0.15, 0.2) is 22.7 Å². The lowest BCUT2D eigenvalue weighted by Crippen LogP contribution is -2.43. The molecular weight excluding hydrogens is 304 g/mol. The summed E-state index contributed by atoms with van der Waals surface area (Å²) in [4.78, 5) is 14.3. The molecule has 1 amide bonds. The van der Waals surface area contributed by atoms with Gasteiger partial charge in [0.2, 0.25) is 5.91 Å². The van der Waals surface area contributed by atoms with Gasteiger partial charge in [0.25, 0.3) is 0 Å². The Morgan fingerprint density at radius 2 is 2.00 bits per heavy atom. The summed E-state index contributed by atoms with van der Waals surface area (Å²) in [5, 5.41) is 3.31. The Labute approximate surface area is 123 Å². The molecule has 1 N–H and O–H groups in total. The van der Waals surface area contributed by atoms with Crippen molar-refractivity contribution in [2.75, 3.05) is 18.4 Å². The first-order valence-electron chi connectivity index (χ1n) is 6.89. The van der Waals surface area contributed by atoms with Crippen molar-refractivity contribution in [2.24, 2.45) is 0 Å². The molecule has 0 bridgehead atoms. The highest BCUT2D eigenvalue weighted by Gasteiger charge is 2.22. The van der Waals surface area contributed by atoms with Gasteiger partial charge in [-0.2, -0.15) is 0 Å². The van der Waals surface area contributed by atoms with Gasteiger partial charge < -0.3 is 10.2 Å². The van der Waals surface area contributed by atoms with Gasteiger partial charge in [-0.1, -0.05) is 6.07 Å². The molecule has 1 unspecified atom stereocenters. The largest absolute Gasteiger partial charge is 0.373 e. The van der Waals surface area contributed by atoms with Crippen LogP contribution in [0.1, 0.15) is 31.7 Å². The van der Waals surface area contributed by atoms with Gasteiger partial charge in [-0.3, -0.25) is 4.79 Å². The Balaban J connectivity index is 2.01. The molecule has 3 nitrogen and oxygen atoms in total. The van der Waals surface area contributed by atoms with Crippen LogP contribution in [0.5, 0.6) is 0 Å². The first-order valence-corrected chi connectivity index (χ1v) is 7.68. The van der Waals surface area contributed by atoms with E-state index in [1.165, 1.54) is 12.0 Å². The van der Waals surface area contributed by atoms with Crippen molar-refractivity contribution in [2.45, 2.75) is 39.2 Å². The summed E-state index contributed by atoms with van der Waals surface area (Å²) in [6.07, 6.45) is 3.51. The van der Waals surface area contributed by atoms with Crippen LogP contribution in [0.2, 0.25) is 0 Å². The number of anilines is 1. The number of likely N-dealkylation sites (tertiary alicyclic amines) is 1. The topological polar surface area (TPSA) is 32.3 Å². The van der Waals surface area contributed by atoms with Crippen molar-refractivity contribution in [3.8, 4) is 0 Å². The predicted molar refractivity (Wildman–Crippen MR) is 82.4 cm³/mol. The monoisotopic (exact) mass is 324 g/mol. The van der Waals surface area contributed by atoms with Crippen molar-refractivity contribution in [3.63, 3.8) is 0 Å². The summed E-state index contributed by atoms with van der Waals surface area (Å²) in [6.45, 7) is 5.79. The summed E-state index contributed by atoms with van der Waals surface area (Å²) in [5.41, 5.74) is 2.17. The average molecular weight is 325 g/mol. The number of nitrogens with zero attached hydrogens (tertiary/aromatic N) is 1. The van der Waals surface area contributed by atoms with Crippen LogP contribution < -0.4 is 5.32 Å². The van der Waals surface area contributed by atoms with Gasteiger partial charge >= 0.3 is 0 Å². The van der Waals surface area contributed by atoms with E-state index in [0.29, 0.717) is 0 Å². The van der Waals surface area contributed by atoms with Crippen LogP contribution >= 0.6 is 15.9 Å². The molecule has 1 aliphatic heterocycles. The van der Waals surface area contributed by atoms with Crippen LogP contribution in [-0.2, 0) is 4.79 Å². The summed E-state index contributed by atoms with van der Waals surface area (Å²) < 4.78 is 0.997. The number of benzene rings is 1. The van der Waals surface area contributed by atoms with E-state index in [0.717, 1.165) is 36.1 Å². The number of halogens is 1. The lowest BCUT2D eigenvalue weighted by Gasteiger charge is -2.30. The molecule has 0 radical (unpaired) electrons. The van der Waals surface area contributed by atoms with Gasteiger partial charge in [0.1, 0.15) is 6.04 Å². The third-order valence-corrected chi connectivity index (χ3v) is 4.22. The van der Waals surface area contributed by atoms with Crippen LogP contribution in [0.25, 0.3) is 0 Å². The third-order valence-electron chi connectivity index (χ3n) is 3.53. The van der Waals surface area contributed by atoms with Gasteiger partial charge in [0.15, 0.2) is 0 Å². The molecule has 0 spiro atoms. The maximum atomic E-state index is 12.3. The molecule has 4 heteroatoms. The van der Waals surface area contributed by atoms with Crippen molar-refractivity contribution in [3.05, 3.63) is 28.2 Å². The summed E-state index contributed by atoms with van der Waals surface area (Å²) in [7, 11) is 0. The van der Waals surface area contributed by atoms with Crippen molar-refractivity contribution in [1.29, 1.82) is 0 Å². The lowest BCUT2D eigenvalue weighted by molar-refractivity contribution is -0.132. The summed E-state index contributed by atoms with van der Waals surface area (Å²) >= 11 is 3.52. The zero-order valence-electron chi connectivity index (χ0n) is 11.6. The first kappa shape index (κ1) is 14.4. The Morgan fingerprint density at radius 1 is 1.32 bits per heavy atom. The number of rotatable bonds is 3. The van der Waals surface area contributed by atoms with Crippen LogP contribution in [0.3, 0.4) is 0 Å². The Hall–Kier alpha value is -1.03. The molecule has 0 aliphatic carbocycles. The molecule has 1 saturated heterocycles. The van der Waals surface area contributed by atoms with E-state index in [-0.39, 0.29) is 11.9 Å². The predicted octanol–water partition coefficient (Wildman–Crippen LogP) is 3.57. The fraction of sp³-hybridized carbons (Fsp3) is 0.533. The normalized spacial score (nSPS) is 17.1. The minimum Gasteiger partial charge on any atom is -0.373 e. The molecule has 1 aliphatic rings. The second-order valence-corrected chi connectivity index (χ2v) is 6.09. The smallest absolute Gasteiger partial charge is 0.244 e. The van der Waals surface area contributed by atoms with Gasteiger partial charge in [-0.15, -0.1) is 0 Å². The molecule has 0 saturated carbocycles. The number of hydrogen-bond acceptors (Lipinski definition) is 2. The number of carbonyl (C=O) groups is 1. The van der Waals surface area contributed by atoms with Gasteiger partial charge in [0.05, 0.1) is 0 Å². The molecule has 1 aromatic rings. The summed E-state index contributed by atoms with van der Waals surface area (Å²) in [6, 6.07) is 5.93. The maximum Gasteiger partial charge on any atom is 0.244 e. The fourth-order valence-electron chi connectivity index (χ4n) is 2.43. The van der Waals surface area contributed by atoms with Gasteiger partial charge in [-0.05, 0) is 66.7 Å². The zero-order chi connectivity index (χ0) is 13.8. The highest BCUT2D eigenvalue weighted by Crippen LogP contribution is 2.24. The molecule has 19 heavy (non-hydrogen) atoms. The van der Waals surface area contributed by atoms with Gasteiger partial charge in [0, 0.05) is 23.2 Å². The number of hydrogen-bond donors (Lipinski definition) is 1. The van der Waals surface area contributed by atoms with Crippen LogP contribution in [0, 0.1) is 6.92 Å².